The molecular formula is C19H20FN3O. The molecular weight excluding hydrogens is 305 g/mol. The van der Waals surface area contributed by atoms with Gasteiger partial charge in [-0.2, -0.15) is 0 Å². The van der Waals surface area contributed by atoms with Gasteiger partial charge in [0, 0.05) is 26.0 Å². The second-order valence-corrected chi connectivity index (χ2v) is 5.72. The number of aliphatic hydroxyl groups is 1. The molecule has 24 heavy (non-hydrogen) atoms. The number of imidazole rings is 1. The van der Waals surface area contributed by atoms with Gasteiger partial charge in [-0.3, -0.25) is 0 Å². The maximum atomic E-state index is 13.2. The van der Waals surface area contributed by atoms with Crippen molar-refractivity contribution in [3.63, 3.8) is 0 Å². The predicted molar refractivity (Wildman–Crippen MR) is 90.9 cm³/mol. The molecule has 0 amide bonds. The van der Waals surface area contributed by atoms with E-state index in [2.05, 4.69) is 10.3 Å². The summed E-state index contributed by atoms with van der Waals surface area (Å²) in [6, 6.07) is 15.6. The standard InChI is InChI=1S/C19H20FN3O/c1-23-12-11-21-19(23)18(15-7-9-16(20)10-8-15)22-13-17(24)14-5-3-2-4-6-14/h2-12,17-18,22,24H,13H2,1H3/t17-,18+/m1/s1. The molecule has 0 radical (unpaired) electrons. The highest BCUT2D eigenvalue weighted by Gasteiger charge is 2.19. The fraction of sp³-hybridized carbons (Fsp3) is 0.211. The van der Waals surface area contributed by atoms with Gasteiger partial charge < -0.3 is 15.0 Å². The summed E-state index contributed by atoms with van der Waals surface area (Å²) in [5.74, 6) is 0.531. The molecule has 0 bridgehead atoms. The van der Waals surface area contributed by atoms with Gasteiger partial charge in [0.05, 0.1) is 12.1 Å². The van der Waals surface area contributed by atoms with E-state index in [1.54, 1.807) is 18.3 Å². The Morgan fingerprint density at radius 1 is 1.08 bits per heavy atom. The zero-order valence-corrected chi connectivity index (χ0v) is 13.4. The van der Waals surface area contributed by atoms with Crippen molar-refractivity contribution in [3.8, 4) is 0 Å². The van der Waals surface area contributed by atoms with E-state index in [9.17, 15) is 9.50 Å². The normalized spacial score (nSPS) is 13.6. The number of aromatic nitrogens is 2. The average molecular weight is 325 g/mol. The Labute approximate surface area is 140 Å². The number of nitrogens with zero attached hydrogens (tertiary/aromatic N) is 2. The van der Waals surface area contributed by atoms with Gasteiger partial charge in [-0.15, -0.1) is 0 Å². The molecule has 1 heterocycles. The first-order valence-electron chi connectivity index (χ1n) is 7.84. The van der Waals surface area contributed by atoms with E-state index in [-0.39, 0.29) is 11.9 Å². The van der Waals surface area contributed by atoms with Crippen molar-refractivity contribution < 1.29 is 9.50 Å². The molecule has 0 spiro atoms. The second-order valence-electron chi connectivity index (χ2n) is 5.72. The van der Waals surface area contributed by atoms with E-state index in [0.29, 0.717) is 6.54 Å². The maximum absolute atomic E-state index is 13.2. The molecule has 0 fully saturated rings. The molecule has 2 atom stereocenters. The van der Waals surface area contributed by atoms with Crippen molar-refractivity contribution in [2.45, 2.75) is 12.1 Å². The van der Waals surface area contributed by atoms with E-state index in [4.69, 9.17) is 0 Å². The number of aliphatic hydroxyl groups excluding tert-OH is 1. The van der Waals surface area contributed by atoms with Crippen LogP contribution >= 0.6 is 0 Å². The van der Waals surface area contributed by atoms with Crippen molar-refractivity contribution in [1.29, 1.82) is 0 Å². The number of hydrogen-bond acceptors (Lipinski definition) is 3. The first-order chi connectivity index (χ1) is 11.6. The number of aryl methyl sites for hydroxylation is 1. The zero-order chi connectivity index (χ0) is 16.9. The molecule has 5 heteroatoms. The van der Waals surface area contributed by atoms with Crippen LogP contribution < -0.4 is 5.32 Å². The van der Waals surface area contributed by atoms with Crippen LogP contribution in [0.15, 0.2) is 67.0 Å². The number of benzene rings is 2. The summed E-state index contributed by atoms with van der Waals surface area (Å²) < 4.78 is 15.1. The van der Waals surface area contributed by atoms with Crippen LogP contribution in [0.25, 0.3) is 0 Å². The first-order valence-corrected chi connectivity index (χ1v) is 7.84. The number of rotatable bonds is 6. The summed E-state index contributed by atoms with van der Waals surface area (Å²) in [7, 11) is 1.91. The Bertz CT molecular complexity index is 771. The van der Waals surface area contributed by atoms with E-state index < -0.39 is 6.10 Å². The van der Waals surface area contributed by atoms with E-state index in [0.717, 1.165) is 17.0 Å². The third-order valence-electron chi connectivity index (χ3n) is 4.02. The van der Waals surface area contributed by atoms with E-state index in [1.807, 2.05) is 48.1 Å². The summed E-state index contributed by atoms with van der Waals surface area (Å²) >= 11 is 0. The number of nitrogens with one attached hydrogen (secondary N) is 1. The van der Waals surface area contributed by atoms with Crippen LogP contribution in [0.4, 0.5) is 4.39 Å². The minimum atomic E-state index is -0.630. The Morgan fingerprint density at radius 3 is 2.42 bits per heavy atom. The SMILES string of the molecule is Cn1ccnc1[C@@H](NC[C@@H](O)c1ccccc1)c1ccc(F)cc1. The molecule has 0 aliphatic heterocycles. The van der Waals surface area contributed by atoms with Crippen LogP contribution in [-0.4, -0.2) is 21.2 Å². The Kier molecular flexibility index (Phi) is 5.03. The van der Waals surface area contributed by atoms with Crippen molar-refractivity contribution in [2.24, 2.45) is 7.05 Å². The lowest BCUT2D eigenvalue weighted by atomic mass is 10.0. The van der Waals surface area contributed by atoms with Crippen LogP contribution in [0.3, 0.4) is 0 Å². The second kappa shape index (κ2) is 7.38. The molecule has 3 aromatic rings. The molecule has 0 unspecified atom stereocenters. The third kappa shape index (κ3) is 3.69. The molecule has 4 nitrogen and oxygen atoms in total. The fourth-order valence-electron chi connectivity index (χ4n) is 2.69. The van der Waals surface area contributed by atoms with Gasteiger partial charge in [0.25, 0.3) is 0 Å². The largest absolute Gasteiger partial charge is 0.387 e. The van der Waals surface area contributed by atoms with Crippen LogP contribution in [-0.2, 0) is 7.05 Å². The van der Waals surface area contributed by atoms with Gasteiger partial charge in [0.1, 0.15) is 11.6 Å². The van der Waals surface area contributed by atoms with Crippen molar-refractivity contribution in [2.75, 3.05) is 6.54 Å². The van der Waals surface area contributed by atoms with Crippen LogP contribution in [0.2, 0.25) is 0 Å². The first kappa shape index (κ1) is 16.4. The van der Waals surface area contributed by atoms with Gasteiger partial charge >= 0.3 is 0 Å². The maximum Gasteiger partial charge on any atom is 0.130 e. The quantitative estimate of drug-likeness (QED) is 0.732. The Hall–Kier alpha value is -2.50. The zero-order valence-electron chi connectivity index (χ0n) is 13.4. The molecule has 0 aliphatic rings. The van der Waals surface area contributed by atoms with E-state index in [1.165, 1.54) is 12.1 Å². The monoisotopic (exact) mass is 325 g/mol. The molecule has 2 N–H and O–H groups in total. The molecule has 124 valence electrons. The molecule has 0 saturated carbocycles. The van der Waals surface area contributed by atoms with E-state index >= 15 is 0 Å². The average Bonchev–Trinajstić information content (AvgIpc) is 3.03. The number of hydrogen-bond donors (Lipinski definition) is 2. The molecule has 0 saturated heterocycles. The topological polar surface area (TPSA) is 50.1 Å². The predicted octanol–water partition coefficient (Wildman–Crippen LogP) is 2.97. The highest BCUT2D eigenvalue weighted by Crippen LogP contribution is 2.22. The van der Waals surface area contributed by atoms with Gasteiger partial charge in [0.2, 0.25) is 0 Å². The van der Waals surface area contributed by atoms with Crippen molar-refractivity contribution in [3.05, 3.63) is 89.8 Å². The summed E-state index contributed by atoms with van der Waals surface area (Å²) in [6.45, 7) is 0.360. The number of halogens is 1. The van der Waals surface area contributed by atoms with Gasteiger partial charge in [-0.05, 0) is 23.3 Å². The lowest BCUT2D eigenvalue weighted by Crippen LogP contribution is -2.29. The smallest absolute Gasteiger partial charge is 0.130 e. The van der Waals surface area contributed by atoms with Gasteiger partial charge in [0.15, 0.2) is 0 Å². The summed E-state index contributed by atoms with van der Waals surface area (Å²) in [4.78, 5) is 4.39. The van der Waals surface area contributed by atoms with Gasteiger partial charge in [-0.1, -0.05) is 42.5 Å². The lowest BCUT2D eigenvalue weighted by molar-refractivity contribution is 0.171. The molecule has 1 aromatic heterocycles. The highest BCUT2D eigenvalue weighted by atomic mass is 19.1. The van der Waals surface area contributed by atoms with Crippen LogP contribution in [0, 0.1) is 5.82 Å². The Morgan fingerprint density at radius 2 is 1.79 bits per heavy atom. The van der Waals surface area contributed by atoms with Crippen molar-refractivity contribution in [1.82, 2.24) is 14.9 Å². The molecule has 2 aromatic carbocycles. The van der Waals surface area contributed by atoms with Crippen LogP contribution in [0.1, 0.15) is 29.1 Å². The third-order valence-corrected chi connectivity index (χ3v) is 4.02. The minimum absolute atomic E-state index is 0.232. The molecule has 0 aliphatic carbocycles. The van der Waals surface area contributed by atoms with Crippen LogP contribution in [0.5, 0.6) is 0 Å². The summed E-state index contributed by atoms with van der Waals surface area (Å²) in [6.07, 6.45) is 2.96. The van der Waals surface area contributed by atoms with Crippen molar-refractivity contribution >= 4 is 0 Å². The lowest BCUT2D eigenvalue weighted by Gasteiger charge is -2.21. The summed E-state index contributed by atoms with van der Waals surface area (Å²) in [5, 5.41) is 13.7. The summed E-state index contributed by atoms with van der Waals surface area (Å²) in [5.41, 5.74) is 1.74. The van der Waals surface area contributed by atoms with Gasteiger partial charge in [-0.25, -0.2) is 9.37 Å². The Balaban J connectivity index is 1.80. The molecule has 3 rings (SSSR count). The minimum Gasteiger partial charge on any atom is -0.387 e. The fourth-order valence-corrected chi connectivity index (χ4v) is 2.69. The highest BCUT2D eigenvalue weighted by molar-refractivity contribution is 5.26.